The maximum absolute atomic E-state index is 2.39. The van der Waals surface area contributed by atoms with Crippen LogP contribution in [-0.4, -0.2) is 8.80 Å². The maximum atomic E-state index is 2.39. The van der Waals surface area contributed by atoms with Crippen LogP contribution in [0.3, 0.4) is 0 Å². The van der Waals surface area contributed by atoms with Crippen LogP contribution in [0.2, 0.25) is 18.1 Å². The van der Waals surface area contributed by atoms with E-state index < -0.39 is 0 Å². The molecule has 14 heavy (non-hydrogen) atoms. The van der Waals surface area contributed by atoms with Gasteiger partial charge in [0.1, 0.15) is 0 Å². The van der Waals surface area contributed by atoms with E-state index in [-0.39, 0.29) is 8.80 Å². The van der Waals surface area contributed by atoms with E-state index >= 15 is 0 Å². The lowest BCUT2D eigenvalue weighted by Gasteiger charge is -2.09. The molecule has 0 fully saturated rings. The fourth-order valence-electron chi connectivity index (χ4n) is 2.09. The molecule has 0 nitrogen and oxygen atoms in total. The van der Waals surface area contributed by atoms with Crippen molar-refractivity contribution in [1.82, 2.24) is 0 Å². The molecule has 86 valence electrons. The summed E-state index contributed by atoms with van der Waals surface area (Å²) in [5, 5.41) is 0. The number of hydrogen-bond donors (Lipinski definition) is 0. The van der Waals surface area contributed by atoms with Gasteiger partial charge in [0.15, 0.2) is 0 Å². The van der Waals surface area contributed by atoms with Crippen LogP contribution >= 0.6 is 0 Å². The quantitative estimate of drug-likeness (QED) is 0.354. The van der Waals surface area contributed by atoms with Crippen molar-refractivity contribution in [2.24, 2.45) is 0 Å². The maximum Gasteiger partial charge on any atom is 0.0362 e. The second-order valence-corrected chi connectivity index (χ2v) is 8.53. The number of hydrogen-bond acceptors (Lipinski definition) is 0. The van der Waals surface area contributed by atoms with Gasteiger partial charge in [-0.2, -0.15) is 0 Å². The molecule has 0 saturated heterocycles. The minimum Gasteiger partial charge on any atom is -0.0680 e. The largest absolute Gasteiger partial charge is 0.0680 e. The first-order chi connectivity index (χ1) is 6.85. The minimum atomic E-state index is -0.257. The topological polar surface area (TPSA) is 0 Å². The van der Waals surface area contributed by atoms with Crippen molar-refractivity contribution in [1.29, 1.82) is 0 Å². The van der Waals surface area contributed by atoms with Crippen molar-refractivity contribution in [3.63, 3.8) is 0 Å². The van der Waals surface area contributed by atoms with Crippen LogP contribution in [0.5, 0.6) is 0 Å². The average Bonchev–Trinajstić information content (AvgIpc) is 2.22. The van der Waals surface area contributed by atoms with Gasteiger partial charge in [-0.1, -0.05) is 83.8 Å². The Hall–Kier alpha value is 0.217. The molecule has 0 amide bonds. The molecular weight excluding hydrogens is 184 g/mol. The average molecular weight is 214 g/mol. The van der Waals surface area contributed by atoms with Gasteiger partial charge in [0, 0.05) is 8.80 Å². The molecule has 0 aromatic carbocycles. The van der Waals surface area contributed by atoms with Gasteiger partial charge in [0.05, 0.1) is 0 Å². The first kappa shape index (κ1) is 14.2. The first-order valence-corrected chi connectivity index (χ1v) is 9.30. The van der Waals surface area contributed by atoms with Crippen molar-refractivity contribution in [3.05, 3.63) is 0 Å². The zero-order valence-corrected chi connectivity index (χ0v) is 11.8. The predicted molar refractivity (Wildman–Crippen MR) is 70.9 cm³/mol. The van der Waals surface area contributed by atoms with Gasteiger partial charge in [-0.05, 0) is 0 Å². The summed E-state index contributed by atoms with van der Waals surface area (Å²) in [5.74, 6) is 0. The highest BCUT2D eigenvalue weighted by Crippen LogP contribution is 2.13. The van der Waals surface area contributed by atoms with Gasteiger partial charge in [-0.15, -0.1) is 0 Å². The van der Waals surface area contributed by atoms with E-state index in [0.29, 0.717) is 0 Å². The van der Waals surface area contributed by atoms with Crippen LogP contribution in [0.1, 0.15) is 65.7 Å². The smallest absolute Gasteiger partial charge is 0.0362 e. The van der Waals surface area contributed by atoms with Gasteiger partial charge in [-0.25, -0.2) is 0 Å². The summed E-state index contributed by atoms with van der Waals surface area (Å²) in [6, 6.07) is 4.65. The Balaban J connectivity index is 3.04. The van der Waals surface area contributed by atoms with Gasteiger partial charge < -0.3 is 0 Å². The Bertz CT molecular complexity index is 97.4. The van der Waals surface area contributed by atoms with E-state index in [9.17, 15) is 0 Å². The van der Waals surface area contributed by atoms with E-state index in [1.165, 1.54) is 57.0 Å². The second kappa shape index (κ2) is 11.3. The summed E-state index contributed by atoms with van der Waals surface area (Å²) >= 11 is 0. The van der Waals surface area contributed by atoms with Crippen LogP contribution in [0.15, 0.2) is 0 Å². The fraction of sp³-hybridized carbons (Fsp3) is 1.00. The lowest BCUT2D eigenvalue weighted by molar-refractivity contribution is 0.600. The van der Waals surface area contributed by atoms with E-state index in [2.05, 4.69) is 20.8 Å². The standard InChI is InChI=1S/C13H30Si/c1-4-7-8-9-10-11-12-13-14(5-2)6-3/h14H,4-13H2,1-3H3. The van der Waals surface area contributed by atoms with E-state index in [0.717, 1.165) is 0 Å². The second-order valence-electron chi connectivity index (χ2n) is 4.59. The zero-order chi connectivity index (χ0) is 10.6. The normalized spacial score (nSPS) is 11.1. The molecule has 0 unspecified atom stereocenters. The van der Waals surface area contributed by atoms with Crippen LogP contribution in [0, 0.1) is 0 Å². The van der Waals surface area contributed by atoms with Crippen molar-refractivity contribution in [3.8, 4) is 0 Å². The number of rotatable bonds is 10. The van der Waals surface area contributed by atoms with E-state index in [1.54, 1.807) is 6.04 Å². The third-order valence-corrected chi connectivity index (χ3v) is 6.90. The highest BCUT2D eigenvalue weighted by Gasteiger charge is 2.03. The van der Waals surface area contributed by atoms with Crippen LogP contribution in [0.4, 0.5) is 0 Å². The molecule has 0 bridgehead atoms. The van der Waals surface area contributed by atoms with Crippen LogP contribution in [0.25, 0.3) is 0 Å². The summed E-state index contributed by atoms with van der Waals surface area (Å²) in [4.78, 5) is 0. The molecule has 0 saturated carbocycles. The van der Waals surface area contributed by atoms with Gasteiger partial charge >= 0.3 is 0 Å². The first-order valence-electron chi connectivity index (χ1n) is 6.85. The fourth-order valence-corrected chi connectivity index (χ4v) is 4.35. The Morgan fingerprint density at radius 2 is 1.14 bits per heavy atom. The summed E-state index contributed by atoms with van der Waals surface area (Å²) in [7, 11) is -0.257. The summed E-state index contributed by atoms with van der Waals surface area (Å²) in [6.07, 6.45) is 10.3. The molecule has 0 aliphatic rings. The molecular formula is C13H30Si. The van der Waals surface area contributed by atoms with Crippen molar-refractivity contribution in [2.75, 3.05) is 0 Å². The van der Waals surface area contributed by atoms with Gasteiger partial charge in [-0.3, -0.25) is 0 Å². The molecule has 0 aromatic rings. The monoisotopic (exact) mass is 214 g/mol. The Labute approximate surface area is 93.1 Å². The minimum absolute atomic E-state index is 0.257. The molecule has 0 rings (SSSR count). The highest BCUT2D eigenvalue weighted by molar-refractivity contribution is 6.58. The lowest BCUT2D eigenvalue weighted by Crippen LogP contribution is -2.07. The van der Waals surface area contributed by atoms with Gasteiger partial charge in [0.25, 0.3) is 0 Å². The van der Waals surface area contributed by atoms with Crippen molar-refractivity contribution < 1.29 is 0 Å². The molecule has 0 aromatic heterocycles. The summed E-state index contributed by atoms with van der Waals surface area (Å²) < 4.78 is 0. The van der Waals surface area contributed by atoms with Crippen molar-refractivity contribution >= 4 is 8.80 Å². The molecule has 0 N–H and O–H groups in total. The Morgan fingerprint density at radius 3 is 1.64 bits per heavy atom. The van der Waals surface area contributed by atoms with E-state index in [4.69, 9.17) is 0 Å². The Morgan fingerprint density at radius 1 is 0.643 bits per heavy atom. The third-order valence-electron chi connectivity index (χ3n) is 3.37. The molecule has 0 radical (unpaired) electrons. The van der Waals surface area contributed by atoms with E-state index in [1.807, 2.05) is 0 Å². The Kier molecular flexibility index (Phi) is 11.5. The highest BCUT2D eigenvalue weighted by atomic mass is 28.3. The number of unbranched alkanes of at least 4 members (excludes halogenated alkanes) is 6. The molecule has 0 aliphatic carbocycles. The van der Waals surface area contributed by atoms with Crippen molar-refractivity contribution in [2.45, 2.75) is 83.8 Å². The zero-order valence-electron chi connectivity index (χ0n) is 10.6. The summed E-state index contributed by atoms with van der Waals surface area (Å²) in [6.45, 7) is 7.07. The molecule has 0 atom stereocenters. The van der Waals surface area contributed by atoms with Gasteiger partial charge in [0.2, 0.25) is 0 Å². The van der Waals surface area contributed by atoms with Crippen LogP contribution < -0.4 is 0 Å². The third kappa shape index (κ3) is 8.80. The predicted octanol–water partition coefficient (Wildman–Crippen LogP) is 5.00. The van der Waals surface area contributed by atoms with Crippen LogP contribution in [-0.2, 0) is 0 Å². The molecule has 0 aliphatic heterocycles. The molecule has 1 heteroatoms. The SMILES string of the molecule is CCCCCCCCC[SiH](CC)CC. The summed E-state index contributed by atoms with van der Waals surface area (Å²) in [5.41, 5.74) is 0. The lowest BCUT2D eigenvalue weighted by atomic mass is 10.1. The molecule has 0 spiro atoms. The molecule has 0 heterocycles.